The van der Waals surface area contributed by atoms with E-state index in [1.165, 1.54) is 0 Å². The number of carbonyl (C=O) groups is 2. The fraction of sp³-hybridized carbons (Fsp3) is 0.467. The minimum atomic E-state index is -0.274. The zero-order chi connectivity index (χ0) is 14.7. The summed E-state index contributed by atoms with van der Waals surface area (Å²) in [5, 5.41) is 9.49. The first-order valence-electron chi connectivity index (χ1n) is 6.84. The van der Waals surface area contributed by atoms with E-state index in [9.17, 15) is 14.7 Å². The molecular weight excluding hydrogens is 256 g/mol. The lowest BCUT2D eigenvalue weighted by Crippen LogP contribution is -2.39. The van der Waals surface area contributed by atoms with Crippen molar-refractivity contribution in [2.75, 3.05) is 13.1 Å². The first kappa shape index (κ1) is 14.4. The Morgan fingerprint density at radius 3 is 2.55 bits per heavy atom. The van der Waals surface area contributed by atoms with Crippen LogP contribution in [0.4, 0.5) is 0 Å². The maximum atomic E-state index is 12.3. The molecule has 2 amide bonds. The van der Waals surface area contributed by atoms with Gasteiger partial charge in [0.25, 0.3) is 5.91 Å². The van der Waals surface area contributed by atoms with Gasteiger partial charge in [-0.25, -0.2) is 0 Å². The lowest BCUT2D eigenvalue weighted by molar-refractivity contribution is -0.119. The molecule has 0 saturated carbocycles. The Labute approximate surface area is 118 Å². The highest BCUT2D eigenvalue weighted by Gasteiger charge is 2.24. The van der Waals surface area contributed by atoms with Crippen molar-refractivity contribution in [1.29, 1.82) is 0 Å². The van der Waals surface area contributed by atoms with Crippen molar-refractivity contribution in [3.8, 4) is 5.75 Å². The van der Waals surface area contributed by atoms with E-state index >= 15 is 0 Å². The summed E-state index contributed by atoms with van der Waals surface area (Å²) in [6, 6.07) is 4.88. The molecule has 108 valence electrons. The van der Waals surface area contributed by atoms with Gasteiger partial charge in [-0.05, 0) is 49.4 Å². The summed E-state index contributed by atoms with van der Waals surface area (Å²) in [4.78, 5) is 25.0. The molecule has 0 radical (unpaired) electrons. The van der Waals surface area contributed by atoms with Crippen LogP contribution in [-0.2, 0) is 4.79 Å². The van der Waals surface area contributed by atoms with Crippen LogP contribution in [-0.4, -0.2) is 34.9 Å². The fourth-order valence-corrected chi connectivity index (χ4v) is 2.60. The SMILES string of the molecule is Cc1cc(C(=O)N2CCC(CC(N)=O)CC2)ccc1O. The molecule has 1 fully saturated rings. The Morgan fingerprint density at radius 2 is 2.00 bits per heavy atom. The second-order valence-electron chi connectivity index (χ2n) is 5.41. The molecule has 0 bridgehead atoms. The molecule has 1 aromatic carbocycles. The molecule has 2 rings (SSSR count). The van der Waals surface area contributed by atoms with E-state index in [-0.39, 0.29) is 23.5 Å². The number of benzene rings is 1. The van der Waals surface area contributed by atoms with Gasteiger partial charge in [0.05, 0.1) is 0 Å². The number of phenolic OH excluding ortho intramolecular Hbond substituents is 1. The highest BCUT2D eigenvalue weighted by molar-refractivity contribution is 5.94. The minimum Gasteiger partial charge on any atom is -0.508 e. The second kappa shape index (κ2) is 5.94. The van der Waals surface area contributed by atoms with Gasteiger partial charge < -0.3 is 15.7 Å². The number of phenols is 1. The van der Waals surface area contributed by atoms with Crippen LogP contribution in [0.25, 0.3) is 0 Å². The van der Waals surface area contributed by atoms with E-state index in [1.807, 2.05) is 0 Å². The van der Waals surface area contributed by atoms with Crippen LogP contribution in [0.15, 0.2) is 18.2 Å². The number of aryl methyl sites for hydroxylation is 1. The maximum absolute atomic E-state index is 12.3. The Bertz CT molecular complexity index is 520. The number of carbonyl (C=O) groups excluding carboxylic acids is 2. The van der Waals surface area contributed by atoms with Crippen LogP contribution in [0, 0.1) is 12.8 Å². The van der Waals surface area contributed by atoms with Crippen molar-refractivity contribution in [2.24, 2.45) is 11.7 Å². The number of nitrogens with zero attached hydrogens (tertiary/aromatic N) is 1. The Balaban J connectivity index is 1.97. The normalized spacial score (nSPS) is 16.1. The Kier molecular flexibility index (Phi) is 4.27. The van der Waals surface area contributed by atoms with Gasteiger partial charge in [-0.15, -0.1) is 0 Å². The number of primary amides is 1. The number of nitrogens with two attached hydrogens (primary N) is 1. The van der Waals surface area contributed by atoms with Gasteiger partial charge >= 0.3 is 0 Å². The first-order valence-corrected chi connectivity index (χ1v) is 6.84. The molecule has 5 heteroatoms. The molecule has 0 aliphatic carbocycles. The molecule has 1 saturated heterocycles. The summed E-state index contributed by atoms with van der Waals surface area (Å²) >= 11 is 0. The average molecular weight is 276 g/mol. The molecule has 0 unspecified atom stereocenters. The summed E-state index contributed by atoms with van der Waals surface area (Å²) in [7, 11) is 0. The van der Waals surface area contributed by atoms with Crippen molar-refractivity contribution >= 4 is 11.8 Å². The number of rotatable bonds is 3. The van der Waals surface area contributed by atoms with Crippen LogP contribution >= 0.6 is 0 Å². The Hall–Kier alpha value is -2.04. The van der Waals surface area contributed by atoms with Gasteiger partial charge in [0.2, 0.25) is 5.91 Å². The molecule has 3 N–H and O–H groups in total. The van der Waals surface area contributed by atoms with E-state index < -0.39 is 0 Å². The number of likely N-dealkylation sites (tertiary alicyclic amines) is 1. The van der Waals surface area contributed by atoms with Gasteiger partial charge in [0.15, 0.2) is 0 Å². The summed E-state index contributed by atoms with van der Waals surface area (Å²) in [6.45, 7) is 3.07. The molecule has 1 aliphatic rings. The average Bonchev–Trinajstić information content (AvgIpc) is 2.41. The molecular formula is C15H20N2O3. The molecule has 0 aromatic heterocycles. The number of aromatic hydroxyl groups is 1. The van der Waals surface area contributed by atoms with Crippen LogP contribution in [0.1, 0.15) is 35.2 Å². The van der Waals surface area contributed by atoms with Crippen LogP contribution in [0.5, 0.6) is 5.75 Å². The third-order valence-electron chi connectivity index (χ3n) is 3.84. The molecule has 1 aliphatic heterocycles. The van der Waals surface area contributed by atoms with Crippen molar-refractivity contribution in [1.82, 2.24) is 4.90 Å². The van der Waals surface area contributed by atoms with Crippen LogP contribution in [0.2, 0.25) is 0 Å². The summed E-state index contributed by atoms with van der Waals surface area (Å²) in [5.41, 5.74) is 6.48. The van der Waals surface area contributed by atoms with Crippen molar-refractivity contribution < 1.29 is 14.7 Å². The highest BCUT2D eigenvalue weighted by atomic mass is 16.3. The minimum absolute atomic E-state index is 0.0226. The van der Waals surface area contributed by atoms with E-state index in [2.05, 4.69) is 0 Å². The molecule has 0 atom stereocenters. The monoisotopic (exact) mass is 276 g/mol. The Morgan fingerprint density at radius 1 is 1.35 bits per heavy atom. The predicted octanol–water partition coefficient (Wildman–Crippen LogP) is 1.43. The summed E-state index contributed by atoms with van der Waals surface area (Å²) in [5.74, 6) is 0.189. The number of hydrogen-bond donors (Lipinski definition) is 2. The number of hydrogen-bond acceptors (Lipinski definition) is 3. The van der Waals surface area contributed by atoms with Gasteiger partial charge in [0.1, 0.15) is 5.75 Å². The first-order chi connectivity index (χ1) is 9.47. The highest BCUT2D eigenvalue weighted by Crippen LogP contribution is 2.23. The smallest absolute Gasteiger partial charge is 0.253 e. The van der Waals surface area contributed by atoms with Crippen molar-refractivity contribution in [3.05, 3.63) is 29.3 Å². The quantitative estimate of drug-likeness (QED) is 0.876. The molecule has 5 nitrogen and oxygen atoms in total. The zero-order valence-corrected chi connectivity index (χ0v) is 11.6. The molecule has 1 heterocycles. The van der Waals surface area contributed by atoms with E-state index in [4.69, 9.17) is 5.73 Å². The lowest BCUT2D eigenvalue weighted by atomic mass is 9.93. The summed E-state index contributed by atoms with van der Waals surface area (Å²) in [6.07, 6.45) is 2.03. The van der Waals surface area contributed by atoms with Crippen LogP contribution < -0.4 is 5.73 Å². The summed E-state index contributed by atoms with van der Waals surface area (Å²) < 4.78 is 0. The van der Waals surface area contributed by atoms with Crippen LogP contribution in [0.3, 0.4) is 0 Å². The van der Waals surface area contributed by atoms with E-state index in [1.54, 1.807) is 30.0 Å². The van der Waals surface area contributed by atoms with Crippen molar-refractivity contribution in [3.63, 3.8) is 0 Å². The molecule has 20 heavy (non-hydrogen) atoms. The largest absolute Gasteiger partial charge is 0.508 e. The number of amides is 2. The molecule has 0 spiro atoms. The van der Waals surface area contributed by atoms with Gasteiger partial charge in [-0.2, -0.15) is 0 Å². The predicted molar refractivity (Wildman–Crippen MR) is 75.3 cm³/mol. The second-order valence-corrected chi connectivity index (χ2v) is 5.41. The number of piperidine rings is 1. The fourth-order valence-electron chi connectivity index (χ4n) is 2.60. The lowest BCUT2D eigenvalue weighted by Gasteiger charge is -2.31. The van der Waals surface area contributed by atoms with Gasteiger partial charge in [-0.3, -0.25) is 9.59 Å². The third-order valence-corrected chi connectivity index (χ3v) is 3.84. The molecule has 1 aromatic rings. The van der Waals surface area contributed by atoms with E-state index in [0.29, 0.717) is 30.6 Å². The topological polar surface area (TPSA) is 83.6 Å². The third kappa shape index (κ3) is 3.29. The van der Waals surface area contributed by atoms with E-state index in [0.717, 1.165) is 12.8 Å². The van der Waals surface area contributed by atoms with Gasteiger partial charge in [-0.1, -0.05) is 0 Å². The standard InChI is InChI=1S/C15H20N2O3/c1-10-8-12(2-3-13(10)18)15(20)17-6-4-11(5-7-17)9-14(16)19/h2-3,8,11,18H,4-7,9H2,1H3,(H2,16,19). The van der Waals surface area contributed by atoms with Gasteiger partial charge in [0, 0.05) is 25.1 Å². The zero-order valence-electron chi connectivity index (χ0n) is 11.6. The van der Waals surface area contributed by atoms with Crippen molar-refractivity contribution in [2.45, 2.75) is 26.2 Å². The maximum Gasteiger partial charge on any atom is 0.253 e.